The highest BCUT2D eigenvalue weighted by Gasteiger charge is 2.25. The Kier molecular flexibility index (Phi) is 6.80. The zero-order valence-corrected chi connectivity index (χ0v) is 16.5. The molecule has 28 heavy (non-hydrogen) atoms. The highest BCUT2D eigenvalue weighted by atomic mass is 16.1. The molecule has 2 atom stereocenters. The SMILES string of the molecule is Cc1cccc([C@@H](C(=O)NCc2ccccc2)[C@@H](C)/C=C/c2ccccc2)c1. The fourth-order valence-electron chi connectivity index (χ4n) is 3.39. The predicted molar refractivity (Wildman–Crippen MR) is 117 cm³/mol. The third kappa shape index (κ3) is 5.43. The van der Waals surface area contributed by atoms with Crippen LogP contribution >= 0.6 is 0 Å². The van der Waals surface area contributed by atoms with E-state index in [9.17, 15) is 4.79 Å². The number of amides is 1. The lowest BCUT2D eigenvalue weighted by molar-refractivity contribution is -0.123. The Morgan fingerprint density at radius 2 is 1.61 bits per heavy atom. The Morgan fingerprint density at radius 3 is 2.29 bits per heavy atom. The van der Waals surface area contributed by atoms with Crippen LogP contribution in [0.2, 0.25) is 0 Å². The van der Waals surface area contributed by atoms with Crippen molar-refractivity contribution in [1.29, 1.82) is 0 Å². The van der Waals surface area contributed by atoms with E-state index in [0.717, 1.165) is 22.3 Å². The first-order valence-corrected chi connectivity index (χ1v) is 9.75. The monoisotopic (exact) mass is 369 g/mol. The van der Waals surface area contributed by atoms with Gasteiger partial charge in [-0.3, -0.25) is 4.79 Å². The highest BCUT2D eigenvalue weighted by molar-refractivity contribution is 5.84. The van der Waals surface area contributed by atoms with Crippen molar-refractivity contribution >= 4 is 12.0 Å². The fourth-order valence-corrected chi connectivity index (χ4v) is 3.39. The lowest BCUT2D eigenvalue weighted by Crippen LogP contribution is -2.32. The van der Waals surface area contributed by atoms with Crippen molar-refractivity contribution in [3.05, 3.63) is 113 Å². The van der Waals surface area contributed by atoms with E-state index in [1.807, 2.05) is 60.7 Å². The van der Waals surface area contributed by atoms with E-state index in [1.54, 1.807) is 0 Å². The molecule has 0 aliphatic rings. The number of carbonyl (C=O) groups is 1. The minimum absolute atomic E-state index is 0.0552. The van der Waals surface area contributed by atoms with Crippen LogP contribution in [0.3, 0.4) is 0 Å². The molecule has 0 aliphatic heterocycles. The quantitative estimate of drug-likeness (QED) is 0.565. The van der Waals surface area contributed by atoms with Gasteiger partial charge in [0.25, 0.3) is 0 Å². The Bertz CT molecular complexity index is 915. The number of aryl methyl sites for hydroxylation is 1. The number of allylic oxidation sites excluding steroid dienone is 1. The first-order valence-electron chi connectivity index (χ1n) is 9.75. The topological polar surface area (TPSA) is 29.1 Å². The van der Waals surface area contributed by atoms with E-state index < -0.39 is 0 Å². The number of hydrogen-bond donors (Lipinski definition) is 1. The molecule has 0 spiro atoms. The van der Waals surface area contributed by atoms with Gasteiger partial charge in [-0.05, 0) is 29.5 Å². The van der Waals surface area contributed by atoms with Crippen LogP contribution in [-0.4, -0.2) is 5.91 Å². The van der Waals surface area contributed by atoms with Gasteiger partial charge in [0.05, 0.1) is 5.92 Å². The maximum atomic E-state index is 13.1. The van der Waals surface area contributed by atoms with E-state index in [1.165, 1.54) is 0 Å². The van der Waals surface area contributed by atoms with Crippen LogP contribution in [0.4, 0.5) is 0 Å². The second-order valence-electron chi connectivity index (χ2n) is 7.22. The Hall–Kier alpha value is -3.13. The molecule has 3 rings (SSSR count). The van der Waals surface area contributed by atoms with Crippen molar-refractivity contribution in [1.82, 2.24) is 5.32 Å². The molecule has 0 heterocycles. The first-order chi connectivity index (χ1) is 13.6. The first kappa shape index (κ1) is 19.6. The normalized spacial score (nSPS) is 13.2. The molecule has 3 aromatic rings. The summed E-state index contributed by atoms with van der Waals surface area (Å²) in [5.41, 5.74) is 4.46. The predicted octanol–water partition coefficient (Wildman–Crippen LogP) is 5.74. The van der Waals surface area contributed by atoms with E-state index in [0.29, 0.717) is 6.54 Å². The molecular formula is C26H27NO. The van der Waals surface area contributed by atoms with Crippen LogP contribution in [0, 0.1) is 12.8 Å². The van der Waals surface area contributed by atoms with E-state index in [4.69, 9.17) is 0 Å². The van der Waals surface area contributed by atoms with Gasteiger partial charge in [-0.15, -0.1) is 0 Å². The van der Waals surface area contributed by atoms with Gasteiger partial charge >= 0.3 is 0 Å². The highest BCUT2D eigenvalue weighted by Crippen LogP contribution is 2.27. The Labute approximate surface area is 167 Å². The van der Waals surface area contributed by atoms with Gasteiger partial charge in [0.2, 0.25) is 5.91 Å². The van der Waals surface area contributed by atoms with Gasteiger partial charge in [-0.2, -0.15) is 0 Å². The van der Waals surface area contributed by atoms with Crippen LogP contribution in [-0.2, 0) is 11.3 Å². The molecule has 2 heteroatoms. The smallest absolute Gasteiger partial charge is 0.228 e. The second kappa shape index (κ2) is 9.70. The van der Waals surface area contributed by atoms with E-state index in [-0.39, 0.29) is 17.7 Å². The zero-order chi connectivity index (χ0) is 19.8. The second-order valence-corrected chi connectivity index (χ2v) is 7.22. The molecule has 0 radical (unpaired) electrons. The summed E-state index contributed by atoms with van der Waals surface area (Å²) in [6.07, 6.45) is 4.22. The largest absolute Gasteiger partial charge is 0.351 e. The Morgan fingerprint density at radius 1 is 0.929 bits per heavy atom. The molecule has 1 N–H and O–H groups in total. The van der Waals surface area contributed by atoms with E-state index >= 15 is 0 Å². The van der Waals surface area contributed by atoms with Gasteiger partial charge in [-0.1, -0.05) is 110 Å². The third-order valence-electron chi connectivity index (χ3n) is 4.91. The van der Waals surface area contributed by atoms with Crippen molar-refractivity contribution in [3.63, 3.8) is 0 Å². The number of benzene rings is 3. The molecular weight excluding hydrogens is 342 g/mol. The molecule has 0 fully saturated rings. The van der Waals surface area contributed by atoms with Crippen LogP contribution in [0.5, 0.6) is 0 Å². The molecule has 3 aromatic carbocycles. The summed E-state index contributed by atoms with van der Waals surface area (Å²) < 4.78 is 0. The van der Waals surface area contributed by atoms with Crippen molar-refractivity contribution in [2.75, 3.05) is 0 Å². The number of hydrogen-bond acceptors (Lipinski definition) is 1. The fraction of sp³-hybridized carbons (Fsp3) is 0.192. The van der Waals surface area contributed by atoms with Gasteiger partial charge in [0, 0.05) is 6.54 Å². The molecule has 1 amide bonds. The summed E-state index contributed by atoms with van der Waals surface area (Å²) in [6.45, 7) is 4.71. The van der Waals surface area contributed by atoms with Crippen molar-refractivity contribution in [2.45, 2.75) is 26.3 Å². The molecule has 0 aliphatic carbocycles. The Balaban J connectivity index is 1.80. The number of carbonyl (C=O) groups excluding carboxylic acids is 1. The lowest BCUT2D eigenvalue weighted by atomic mass is 9.85. The molecule has 142 valence electrons. The molecule has 0 aromatic heterocycles. The van der Waals surface area contributed by atoms with Gasteiger partial charge in [0.15, 0.2) is 0 Å². The van der Waals surface area contributed by atoms with Gasteiger partial charge in [0.1, 0.15) is 0 Å². The summed E-state index contributed by atoms with van der Waals surface area (Å²) in [5.74, 6) is -0.110. The summed E-state index contributed by atoms with van der Waals surface area (Å²) in [6, 6.07) is 28.5. The minimum Gasteiger partial charge on any atom is -0.351 e. The van der Waals surface area contributed by atoms with Gasteiger partial charge in [-0.25, -0.2) is 0 Å². The average molecular weight is 370 g/mol. The zero-order valence-electron chi connectivity index (χ0n) is 16.5. The minimum atomic E-state index is -0.233. The van der Waals surface area contributed by atoms with Crippen LogP contribution in [0.1, 0.15) is 35.1 Å². The summed E-state index contributed by atoms with van der Waals surface area (Å²) in [7, 11) is 0. The third-order valence-corrected chi connectivity index (χ3v) is 4.91. The standard InChI is InChI=1S/C26H27NO/c1-20-10-9-15-24(18-20)25(21(2)16-17-22-11-5-3-6-12-22)26(28)27-19-23-13-7-4-8-14-23/h3-18,21,25H,19H2,1-2H3,(H,27,28)/b17-16+/t21-,25-/m0/s1. The average Bonchev–Trinajstić information content (AvgIpc) is 2.72. The molecule has 0 unspecified atom stereocenters. The molecule has 0 saturated carbocycles. The summed E-state index contributed by atoms with van der Waals surface area (Å²) in [5, 5.41) is 3.12. The van der Waals surface area contributed by atoms with Crippen LogP contribution < -0.4 is 5.32 Å². The summed E-state index contributed by atoms with van der Waals surface area (Å²) >= 11 is 0. The van der Waals surface area contributed by atoms with E-state index in [2.05, 4.69) is 55.6 Å². The maximum absolute atomic E-state index is 13.1. The number of rotatable bonds is 7. The lowest BCUT2D eigenvalue weighted by Gasteiger charge is -2.22. The maximum Gasteiger partial charge on any atom is 0.228 e. The van der Waals surface area contributed by atoms with Crippen molar-refractivity contribution in [2.24, 2.45) is 5.92 Å². The van der Waals surface area contributed by atoms with Crippen LogP contribution in [0.25, 0.3) is 6.08 Å². The van der Waals surface area contributed by atoms with Crippen molar-refractivity contribution in [3.8, 4) is 0 Å². The summed E-state index contributed by atoms with van der Waals surface area (Å²) in [4.78, 5) is 13.1. The van der Waals surface area contributed by atoms with Gasteiger partial charge < -0.3 is 5.32 Å². The molecule has 0 bridgehead atoms. The van der Waals surface area contributed by atoms with Crippen molar-refractivity contribution < 1.29 is 4.79 Å². The molecule has 0 saturated heterocycles. The number of nitrogens with one attached hydrogen (secondary N) is 1. The van der Waals surface area contributed by atoms with Crippen LogP contribution in [0.15, 0.2) is 91.0 Å². The molecule has 2 nitrogen and oxygen atoms in total.